The van der Waals surface area contributed by atoms with Crippen LogP contribution in [0.15, 0.2) is 65.0 Å². The number of hydrogen-bond donors (Lipinski definition) is 2. The molecule has 134 valence electrons. The molecule has 2 N–H and O–H groups in total. The van der Waals surface area contributed by atoms with Gasteiger partial charge in [0.15, 0.2) is 5.96 Å². The number of thiazole rings is 1. The Hall–Kier alpha value is -2.73. The van der Waals surface area contributed by atoms with Crippen molar-refractivity contribution in [3.8, 4) is 11.3 Å². The SMILES string of the molecule is CN=C(NCCc1cccc(F)c1)NCc1nc(-c2ccccc2)cs1. The number of nitrogens with zero attached hydrogens (tertiary/aromatic N) is 2. The van der Waals surface area contributed by atoms with Crippen molar-refractivity contribution in [3.63, 3.8) is 0 Å². The highest BCUT2D eigenvalue weighted by Gasteiger charge is 2.05. The highest BCUT2D eigenvalue weighted by atomic mass is 32.1. The summed E-state index contributed by atoms with van der Waals surface area (Å²) in [4.78, 5) is 8.87. The molecule has 26 heavy (non-hydrogen) atoms. The predicted molar refractivity (Wildman–Crippen MR) is 106 cm³/mol. The fraction of sp³-hybridized carbons (Fsp3) is 0.200. The second-order valence-corrected chi connectivity index (χ2v) is 6.67. The minimum atomic E-state index is -0.206. The molecule has 3 aromatic rings. The van der Waals surface area contributed by atoms with E-state index in [0.717, 1.165) is 28.2 Å². The van der Waals surface area contributed by atoms with Crippen molar-refractivity contribution in [2.45, 2.75) is 13.0 Å². The first-order chi connectivity index (χ1) is 12.7. The van der Waals surface area contributed by atoms with E-state index in [1.807, 2.05) is 24.3 Å². The molecular weight excluding hydrogens is 347 g/mol. The first-order valence-electron chi connectivity index (χ1n) is 8.43. The molecule has 0 bridgehead atoms. The topological polar surface area (TPSA) is 49.3 Å². The lowest BCUT2D eigenvalue weighted by Crippen LogP contribution is -2.37. The van der Waals surface area contributed by atoms with Crippen LogP contribution in [-0.2, 0) is 13.0 Å². The maximum absolute atomic E-state index is 13.2. The molecule has 0 aliphatic rings. The molecule has 0 spiro atoms. The third-order valence-corrected chi connectivity index (χ3v) is 4.70. The number of aliphatic imine (C=N–C) groups is 1. The van der Waals surface area contributed by atoms with E-state index in [2.05, 4.69) is 38.1 Å². The van der Waals surface area contributed by atoms with Crippen molar-refractivity contribution < 1.29 is 4.39 Å². The summed E-state index contributed by atoms with van der Waals surface area (Å²) in [6.07, 6.45) is 0.730. The summed E-state index contributed by atoms with van der Waals surface area (Å²) in [7, 11) is 1.73. The maximum atomic E-state index is 13.2. The molecule has 6 heteroatoms. The summed E-state index contributed by atoms with van der Waals surface area (Å²) in [6.45, 7) is 1.29. The molecule has 4 nitrogen and oxygen atoms in total. The van der Waals surface area contributed by atoms with Gasteiger partial charge in [0.1, 0.15) is 10.8 Å². The Bertz CT molecular complexity index is 861. The normalized spacial score (nSPS) is 11.4. The van der Waals surface area contributed by atoms with Crippen molar-refractivity contribution in [3.05, 3.63) is 76.4 Å². The predicted octanol–water partition coefficient (Wildman–Crippen LogP) is 3.86. The third kappa shape index (κ3) is 5.13. The molecule has 0 atom stereocenters. The lowest BCUT2D eigenvalue weighted by atomic mass is 10.1. The van der Waals surface area contributed by atoms with Crippen LogP contribution in [-0.4, -0.2) is 24.5 Å². The van der Waals surface area contributed by atoms with Crippen molar-refractivity contribution in [1.29, 1.82) is 0 Å². The standard InChI is InChI=1S/C20H21FN4S/c1-22-20(23-11-10-15-6-5-9-17(21)12-15)24-13-19-25-18(14-26-19)16-7-3-2-4-8-16/h2-9,12,14H,10-11,13H2,1H3,(H2,22,23,24). The van der Waals surface area contributed by atoms with Gasteiger partial charge < -0.3 is 10.6 Å². The van der Waals surface area contributed by atoms with Crippen molar-refractivity contribution >= 4 is 17.3 Å². The molecule has 0 radical (unpaired) electrons. The van der Waals surface area contributed by atoms with Crippen molar-refractivity contribution in [1.82, 2.24) is 15.6 Å². The number of benzene rings is 2. The van der Waals surface area contributed by atoms with Gasteiger partial charge in [0, 0.05) is 24.5 Å². The Morgan fingerprint density at radius 3 is 2.73 bits per heavy atom. The van der Waals surface area contributed by atoms with Gasteiger partial charge in [-0.3, -0.25) is 4.99 Å². The molecule has 0 amide bonds. The van der Waals surface area contributed by atoms with Crippen molar-refractivity contribution in [2.24, 2.45) is 4.99 Å². The molecule has 1 aromatic heterocycles. The van der Waals surface area contributed by atoms with E-state index in [1.165, 1.54) is 6.07 Å². The van der Waals surface area contributed by atoms with Gasteiger partial charge in [-0.25, -0.2) is 9.37 Å². The number of halogens is 1. The van der Waals surface area contributed by atoms with E-state index >= 15 is 0 Å². The van der Waals surface area contributed by atoms with Crippen LogP contribution >= 0.6 is 11.3 Å². The van der Waals surface area contributed by atoms with E-state index in [-0.39, 0.29) is 5.82 Å². The Morgan fingerprint density at radius 1 is 1.12 bits per heavy atom. The van der Waals surface area contributed by atoms with Gasteiger partial charge in [-0.2, -0.15) is 0 Å². The van der Waals surface area contributed by atoms with E-state index in [4.69, 9.17) is 0 Å². The molecule has 1 heterocycles. The molecular formula is C20H21FN4S. The average Bonchev–Trinajstić information content (AvgIpc) is 3.14. The van der Waals surface area contributed by atoms with Crippen LogP contribution in [0, 0.1) is 5.82 Å². The Kier molecular flexibility index (Phi) is 6.33. The minimum Gasteiger partial charge on any atom is -0.356 e. The third-order valence-electron chi connectivity index (χ3n) is 3.85. The number of aromatic nitrogens is 1. The summed E-state index contributed by atoms with van der Waals surface area (Å²) < 4.78 is 13.2. The van der Waals surface area contributed by atoms with E-state index in [0.29, 0.717) is 19.0 Å². The van der Waals surface area contributed by atoms with Gasteiger partial charge >= 0.3 is 0 Å². The molecule has 0 fully saturated rings. The minimum absolute atomic E-state index is 0.206. The zero-order chi connectivity index (χ0) is 18.2. The Balaban J connectivity index is 1.48. The second-order valence-electron chi connectivity index (χ2n) is 5.72. The quantitative estimate of drug-likeness (QED) is 0.513. The Morgan fingerprint density at radius 2 is 1.96 bits per heavy atom. The summed E-state index contributed by atoms with van der Waals surface area (Å²) >= 11 is 1.62. The first kappa shape index (κ1) is 18.1. The van der Waals surface area contributed by atoms with E-state index in [1.54, 1.807) is 30.5 Å². The molecule has 0 unspecified atom stereocenters. The highest BCUT2D eigenvalue weighted by molar-refractivity contribution is 7.09. The van der Waals surface area contributed by atoms with Crippen LogP contribution in [0.1, 0.15) is 10.6 Å². The fourth-order valence-electron chi connectivity index (χ4n) is 2.53. The molecule has 0 aliphatic carbocycles. The van der Waals surface area contributed by atoms with Crippen LogP contribution in [0.2, 0.25) is 0 Å². The monoisotopic (exact) mass is 368 g/mol. The van der Waals surface area contributed by atoms with E-state index < -0.39 is 0 Å². The lowest BCUT2D eigenvalue weighted by molar-refractivity contribution is 0.625. The summed E-state index contributed by atoms with van der Waals surface area (Å²) in [6, 6.07) is 16.8. The number of rotatable bonds is 6. The van der Waals surface area contributed by atoms with Crippen molar-refractivity contribution in [2.75, 3.05) is 13.6 Å². The molecule has 0 saturated carbocycles. The Labute approximate surface area is 156 Å². The molecule has 2 aromatic carbocycles. The van der Waals surface area contributed by atoms with Crippen LogP contribution < -0.4 is 10.6 Å². The van der Waals surface area contributed by atoms with Gasteiger partial charge in [-0.15, -0.1) is 11.3 Å². The molecule has 0 saturated heterocycles. The van der Waals surface area contributed by atoms with Crippen LogP contribution in [0.5, 0.6) is 0 Å². The smallest absolute Gasteiger partial charge is 0.191 e. The maximum Gasteiger partial charge on any atom is 0.191 e. The number of guanidine groups is 1. The molecule has 3 rings (SSSR count). The average molecular weight is 368 g/mol. The van der Waals surface area contributed by atoms with Crippen LogP contribution in [0.25, 0.3) is 11.3 Å². The number of nitrogens with one attached hydrogen (secondary N) is 2. The summed E-state index contributed by atoms with van der Waals surface area (Å²) in [5.74, 6) is 0.501. The zero-order valence-electron chi connectivity index (χ0n) is 14.6. The second kappa shape index (κ2) is 9.10. The van der Waals surface area contributed by atoms with Gasteiger partial charge in [-0.1, -0.05) is 42.5 Å². The summed E-state index contributed by atoms with van der Waals surface area (Å²) in [5, 5.41) is 9.56. The molecule has 0 aliphatic heterocycles. The fourth-order valence-corrected chi connectivity index (χ4v) is 3.27. The van der Waals surface area contributed by atoms with E-state index in [9.17, 15) is 4.39 Å². The van der Waals surface area contributed by atoms with Gasteiger partial charge in [0.25, 0.3) is 0 Å². The zero-order valence-corrected chi connectivity index (χ0v) is 15.4. The van der Waals surface area contributed by atoms with Gasteiger partial charge in [0.2, 0.25) is 0 Å². The first-order valence-corrected chi connectivity index (χ1v) is 9.31. The van der Waals surface area contributed by atoms with Gasteiger partial charge in [0.05, 0.1) is 12.2 Å². The van der Waals surface area contributed by atoms with Crippen LogP contribution in [0.3, 0.4) is 0 Å². The summed E-state index contributed by atoms with van der Waals surface area (Å²) in [5.41, 5.74) is 3.06. The largest absolute Gasteiger partial charge is 0.356 e. The lowest BCUT2D eigenvalue weighted by Gasteiger charge is -2.11. The highest BCUT2D eigenvalue weighted by Crippen LogP contribution is 2.21. The van der Waals surface area contributed by atoms with Crippen LogP contribution in [0.4, 0.5) is 4.39 Å². The van der Waals surface area contributed by atoms with Gasteiger partial charge in [-0.05, 0) is 24.1 Å². The number of hydrogen-bond acceptors (Lipinski definition) is 3.